The Morgan fingerprint density at radius 2 is 2.16 bits per heavy atom. The van der Waals surface area contributed by atoms with E-state index >= 15 is 0 Å². The summed E-state index contributed by atoms with van der Waals surface area (Å²) in [7, 11) is 4.23. The van der Waals surface area contributed by atoms with Gasteiger partial charge in [0.05, 0.1) is 20.6 Å². The molecule has 1 fully saturated rings. The van der Waals surface area contributed by atoms with E-state index < -0.39 is 0 Å². The number of likely N-dealkylation sites (tertiary alicyclic amines) is 1. The van der Waals surface area contributed by atoms with E-state index in [4.69, 9.17) is 0 Å². The molecule has 0 spiro atoms. The van der Waals surface area contributed by atoms with Gasteiger partial charge in [-0.3, -0.25) is 14.5 Å². The molecule has 0 saturated carbocycles. The van der Waals surface area contributed by atoms with Crippen molar-refractivity contribution >= 4 is 11.8 Å². The van der Waals surface area contributed by atoms with Crippen molar-refractivity contribution in [3.05, 3.63) is 12.2 Å². The Morgan fingerprint density at radius 3 is 2.68 bits per heavy atom. The van der Waals surface area contributed by atoms with Gasteiger partial charge in [0.25, 0.3) is 0 Å². The van der Waals surface area contributed by atoms with Gasteiger partial charge in [0.2, 0.25) is 11.8 Å². The molecule has 19 heavy (non-hydrogen) atoms. The number of hydrogen-bond donors (Lipinski definition) is 1. The van der Waals surface area contributed by atoms with Crippen molar-refractivity contribution in [1.82, 2.24) is 10.2 Å². The molecule has 0 unspecified atom stereocenters. The molecule has 1 aliphatic rings. The molecule has 2 amide bonds. The largest absolute Gasteiger partial charge is 0.352 e. The van der Waals surface area contributed by atoms with Gasteiger partial charge in [-0.2, -0.15) is 0 Å². The molecule has 0 bridgehead atoms. The van der Waals surface area contributed by atoms with Gasteiger partial charge in [-0.25, -0.2) is 0 Å². The van der Waals surface area contributed by atoms with Crippen LogP contribution in [0.3, 0.4) is 0 Å². The van der Waals surface area contributed by atoms with Crippen LogP contribution in [0.1, 0.15) is 26.2 Å². The molecule has 0 aromatic rings. The molecule has 1 rings (SSSR count). The first-order valence-corrected chi connectivity index (χ1v) is 6.85. The summed E-state index contributed by atoms with van der Waals surface area (Å²) in [5.41, 5.74) is 0.538. The van der Waals surface area contributed by atoms with Gasteiger partial charge in [0.1, 0.15) is 0 Å². The standard InChI is InChI=1S/C14H25N3O2/c1-12(2)14(19)15-8-6-10-17(3,4)11-16-9-5-7-13(16)18/h1,5-11H2,2-4H3/p+1. The number of carbonyl (C=O) groups is 2. The molecule has 1 N–H and O–H groups in total. The lowest BCUT2D eigenvalue weighted by Crippen LogP contribution is -2.50. The molecule has 5 nitrogen and oxygen atoms in total. The molecule has 1 saturated heterocycles. The van der Waals surface area contributed by atoms with Crippen molar-refractivity contribution in [2.24, 2.45) is 0 Å². The molecule has 0 atom stereocenters. The highest BCUT2D eigenvalue weighted by molar-refractivity contribution is 5.91. The monoisotopic (exact) mass is 268 g/mol. The average Bonchev–Trinajstić information content (AvgIpc) is 2.69. The van der Waals surface area contributed by atoms with Crippen LogP contribution < -0.4 is 5.32 Å². The first kappa shape index (κ1) is 15.7. The van der Waals surface area contributed by atoms with Crippen LogP contribution in [0.2, 0.25) is 0 Å². The van der Waals surface area contributed by atoms with Gasteiger partial charge in [-0.15, -0.1) is 0 Å². The molecule has 0 aromatic heterocycles. The number of nitrogens with zero attached hydrogens (tertiary/aromatic N) is 2. The maximum absolute atomic E-state index is 11.6. The zero-order valence-electron chi connectivity index (χ0n) is 12.4. The van der Waals surface area contributed by atoms with E-state index in [-0.39, 0.29) is 11.8 Å². The minimum absolute atomic E-state index is 0.0833. The first-order valence-electron chi connectivity index (χ1n) is 6.85. The zero-order valence-corrected chi connectivity index (χ0v) is 12.4. The van der Waals surface area contributed by atoms with Crippen LogP contribution in [0.5, 0.6) is 0 Å². The highest BCUT2D eigenvalue weighted by atomic mass is 16.2. The summed E-state index contributed by atoms with van der Waals surface area (Å²) in [5.74, 6) is 0.182. The van der Waals surface area contributed by atoms with Crippen molar-refractivity contribution in [2.75, 3.05) is 40.4 Å². The van der Waals surface area contributed by atoms with Crippen molar-refractivity contribution in [3.63, 3.8) is 0 Å². The lowest BCUT2D eigenvalue weighted by molar-refractivity contribution is -0.898. The predicted molar refractivity (Wildman–Crippen MR) is 75.2 cm³/mol. The van der Waals surface area contributed by atoms with E-state index in [1.54, 1.807) is 6.92 Å². The van der Waals surface area contributed by atoms with Gasteiger partial charge in [0, 0.05) is 31.5 Å². The third-order valence-electron chi connectivity index (χ3n) is 3.34. The van der Waals surface area contributed by atoms with Gasteiger partial charge in [-0.1, -0.05) is 6.58 Å². The summed E-state index contributed by atoms with van der Waals surface area (Å²) >= 11 is 0. The summed E-state index contributed by atoms with van der Waals surface area (Å²) in [6.45, 7) is 8.53. The number of hydrogen-bond acceptors (Lipinski definition) is 2. The predicted octanol–water partition coefficient (Wildman–Crippen LogP) is 0.725. The van der Waals surface area contributed by atoms with Crippen LogP contribution in [0, 0.1) is 0 Å². The van der Waals surface area contributed by atoms with Crippen LogP contribution in [0.4, 0.5) is 0 Å². The van der Waals surface area contributed by atoms with Crippen LogP contribution in [-0.4, -0.2) is 61.6 Å². The molecule has 108 valence electrons. The quantitative estimate of drug-likeness (QED) is 0.420. The normalized spacial score (nSPS) is 15.7. The Balaban J connectivity index is 2.25. The average molecular weight is 268 g/mol. The maximum Gasteiger partial charge on any atom is 0.246 e. The summed E-state index contributed by atoms with van der Waals surface area (Å²) in [6, 6.07) is 0. The van der Waals surface area contributed by atoms with Crippen LogP contribution >= 0.6 is 0 Å². The Hall–Kier alpha value is -1.36. The van der Waals surface area contributed by atoms with Gasteiger partial charge >= 0.3 is 0 Å². The fraction of sp³-hybridized carbons (Fsp3) is 0.714. The molecule has 0 radical (unpaired) electrons. The summed E-state index contributed by atoms with van der Waals surface area (Å²) < 4.78 is 0.773. The van der Waals surface area contributed by atoms with Crippen LogP contribution in [0.15, 0.2) is 12.2 Å². The summed E-state index contributed by atoms with van der Waals surface area (Å²) in [5, 5.41) is 2.83. The topological polar surface area (TPSA) is 49.4 Å². The fourth-order valence-corrected chi connectivity index (χ4v) is 2.25. The second-order valence-electron chi connectivity index (χ2n) is 5.95. The van der Waals surface area contributed by atoms with E-state index in [2.05, 4.69) is 26.0 Å². The van der Waals surface area contributed by atoms with E-state index in [1.165, 1.54) is 0 Å². The highest BCUT2D eigenvalue weighted by Gasteiger charge is 2.26. The minimum Gasteiger partial charge on any atom is -0.352 e. The van der Waals surface area contributed by atoms with Gasteiger partial charge < -0.3 is 9.80 Å². The van der Waals surface area contributed by atoms with Crippen molar-refractivity contribution in [1.29, 1.82) is 0 Å². The van der Waals surface area contributed by atoms with Gasteiger partial charge in [0.15, 0.2) is 6.67 Å². The smallest absolute Gasteiger partial charge is 0.246 e. The number of quaternary nitrogens is 1. The van der Waals surface area contributed by atoms with Gasteiger partial charge in [-0.05, 0) is 13.3 Å². The summed E-state index contributed by atoms with van der Waals surface area (Å²) in [6.07, 6.45) is 2.57. The molecular formula is C14H26N3O2+. The third-order valence-corrected chi connectivity index (χ3v) is 3.34. The van der Waals surface area contributed by atoms with Crippen molar-refractivity contribution in [2.45, 2.75) is 26.2 Å². The molecular weight excluding hydrogens is 242 g/mol. The number of nitrogens with one attached hydrogen (secondary N) is 1. The second kappa shape index (κ2) is 6.70. The second-order valence-corrected chi connectivity index (χ2v) is 5.95. The Kier molecular flexibility index (Phi) is 5.54. The molecule has 0 aromatic carbocycles. The van der Waals surface area contributed by atoms with E-state index in [0.29, 0.717) is 18.5 Å². The number of rotatable bonds is 7. The lowest BCUT2D eigenvalue weighted by atomic mass is 10.3. The number of carbonyl (C=O) groups excluding carboxylic acids is 2. The summed E-state index contributed by atoms with van der Waals surface area (Å²) in [4.78, 5) is 24.9. The molecule has 1 aliphatic heterocycles. The SMILES string of the molecule is C=C(C)C(=O)NCCC[N+](C)(C)CN1CCCC1=O. The number of amides is 2. The maximum atomic E-state index is 11.6. The van der Waals surface area contributed by atoms with Crippen LogP contribution in [0.25, 0.3) is 0 Å². The molecule has 5 heteroatoms. The Bertz CT molecular complexity index is 364. The fourth-order valence-electron chi connectivity index (χ4n) is 2.25. The minimum atomic E-state index is -0.0833. The van der Waals surface area contributed by atoms with E-state index in [9.17, 15) is 9.59 Å². The van der Waals surface area contributed by atoms with E-state index in [1.807, 2.05) is 4.90 Å². The van der Waals surface area contributed by atoms with Crippen LogP contribution in [-0.2, 0) is 9.59 Å². The van der Waals surface area contributed by atoms with Crippen molar-refractivity contribution < 1.29 is 14.1 Å². The Morgan fingerprint density at radius 1 is 1.47 bits per heavy atom. The molecule has 0 aliphatic carbocycles. The highest BCUT2D eigenvalue weighted by Crippen LogP contribution is 2.12. The van der Waals surface area contributed by atoms with Crippen molar-refractivity contribution in [3.8, 4) is 0 Å². The Labute approximate surface area is 115 Å². The third kappa shape index (κ3) is 5.42. The first-order chi connectivity index (χ1) is 8.82. The molecule has 1 heterocycles. The van der Waals surface area contributed by atoms with E-state index in [0.717, 1.165) is 37.1 Å². The lowest BCUT2D eigenvalue weighted by Gasteiger charge is -2.33. The zero-order chi connectivity index (χ0) is 14.5.